The van der Waals surface area contributed by atoms with Gasteiger partial charge in [0.05, 0.1) is 30.0 Å². The molecule has 0 radical (unpaired) electrons. The van der Waals surface area contributed by atoms with Crippen LogP contribution in [0.1, 0.15) is 15.9 Å². The van der Waals surface area contributed by atoms with E-state index in [0.717, 1.165) is 0 Å². The summed E-state index contributed by atoms with van der Waals surface area (Å²) in [6.07, 6.45) is 0. The highest BCUT2D eigenvalue weighted by Gasteiger charge is 2.13. The fraction of sp³-hybridized carbons (Fsp3) is 0.0667. The van der Waals surface area contributed by atoms with Gasteiger partial charge >= 0.3 is 0 Å². The van der Waals surface area contributed by atoms with Crippen LogP contribution in [-0.4, -0.2) is 13.0 Å². The molecule has 0 saturated carbocycles. The Hall–Kier alpha value is -3.00. The average molecular weight is 267 g/mol. The number of nitrogens with zero attached hydrogens (tertiary/aromatic N) is 1. The average Bonchev–Trinajstić information content (AvgIpc) is 2.47. The number of nitriles is 1. The second-order valence-electron chi connectivity index (χ2n) is 4.07. The number of para-hydroxylation sites is 1. The number of amides is 1. The molecule has 2 aromatic rings. The minimum Gasteiger partial charge on any atom is -0.495 e. The topological polar surface area (TPSA) is 88.1 Å². The van der Waals surface area contributed by atoms with E-state index in [1.54, 1.807) is 42.5 Å². The van der Waals surface area contributed by atoms with E-state index in [1.807, 2.05) is 6.07 Å². The van der Waals surface area contributed by atoms with Gasteiger partial charge in [-0.2, -0.15) is 5.26 Å². The zero-order valence-corrected chi connectivity index (χ0v) is 10.9. The summed E-state index contributed by atoms with van der Waals surface area (Å²) >= 11 is 0. The van der Waals surface area contributed by atoms with E-state index < -0.39 is 0 Å². The fourth-order valence-corrected chi connectivity index (χ4v) is 1.78. The molecule has 0 atom stereocenters. The first kappa shape index (κ1) is 13.4. The summed E-state index contributed by atoms with van der Waals surface area (Å²) in [6.45, 7) is 0. The zero-order valence-electron chi connectivity index (χ0n) is 10.9. The minimum absolute atomic E-state index is 0.281. The van der Waals surface area contributed by atoms with Crippen LogP contribution < -0.4 is 15.8 Å². The first-order chi connectivity index (χ1) is 9.65. The molecule has 0 aromatic heterocycles. The normalized spacial score (nSPS) is 9.60. The van der Waals surface area contributed by atoms with Gasteiger partial charge in [0.1, 0.15) is 5.75 Å². The summed E-state index contributed by atoms with van der Waals surface area (Å²) in [6, 6.07) is 13.7. The molecule has 100 valence electrons. The molecule has 0 bridgehead atoms. The molecule has 20 heavy (non-hydrogen) atoms. The van der Waals surface area contributed by atoms with Crippen molar-refractivity contribution in [2.75, 3.05) is 18.2 Å². The Morgan fingerprint density at radius 2 is 2.05 bits per heavy atom. The van der Waals surface area contributed by atoms with Gasteiger partial charge in [-0.15, -0.1) is 0 Å². The van der Waals surface area contributed by atoms with Crippen LogP contribution in [0.25, 0.3) is 0 Å². The van der Waals surface area contributed by atoms with Crippen LogP contribution in [0.2, 0.25) is 0 Å². The Morgan fingerprint density at radius 1 is 1.30 bits per heavy atom. The van der Waals surface area contributed by atoms with Crippen molar-refractivity contribution < 1.29 is 9.53 Å². The summed E-state index contributed by atoms with van der Waals surface area (Å²) in [7, 11) is 1.49. The van der Waals surface area contributed by atoms with Gasteiger partial charge in [-0.1, -0.05) is 12.1 Å². The van der Waals surface area contributed by atoms with Crippen LogP contribution >= 0.6 is 0 Å². The van der Waals surface area contributed by atoms with Crippen molar-refractivity contribution in [1.29, 1.82) is 5.26 Å². The summed E-state index contributed by atoms with van der Waals surface area (Å²) in [4.78, 5) is 12.2. The van der Waals surface area contributed by atoms with E-state index in [1.165, 1.54) is 7.11 Å². The van der Waals surface area contributed by atoms with Gasteiger partial charge in [0.15, 0.2) is 0 Å². The molecule has 5 heteroatoms. The number of methoxy groups -OCH3 is 1. The van der Waals surface area contributed by atoms with Crippen LogP contribution in [-0.2, 0) is 0 Å². The lowest BCUT2D eigenvalue weighted by molar-refractivity contribution is 0.102. The largest absolute Gasteiger partial charge is 0.495 e. The number of nitrogens with one attached hydrogen (secondary N) is 1. The highest BCUT2D eigenvalue weighted by atomic mass is 16.5. The number of benzene rings is 2. The monoisotopic (exact) mass is 267 g/mol. The molecule has 2 aromatic carbocycles. The van der Waals surface area contributed by atoms with Crippen molar-refractivity contribution in [1.82, 2.24) is 0 Å². The SMILES string of the molecule is COc1cccc(C(=O)Nc2cccc(C#N)c2)c1N. The van der Waals surface area contributed by atoms with Gasteiger partial charge in [0.2, 0.25) is 0 Å². The summed E-state index contributed by atoms with van der Waals surface area (Å²) < 4.78 is 5.07. The molecule has 0 aliphatic heterocycles. The number of ether oxygens (including phenoxy) is 1. The molecule has 0 unspecified atom stereocenters. The van der Waals surface area contributed by atoms with E-state index in [-0.39, 0.29) is 11.6 Å². The lowest BCUT2D eigenvalue weighted by Crippen LogP contribution is -2.14. The van der Waals surface area contributed by atoms with Crippen LogP contribution in [0.3, 0.4) is 0 Å². The van der Waals surface area contributed by atoms with Gasteiger partial charge in [-0.25, -0.2) is 0 Å². The van der Waals surface area contributed by atoms with Crippen LogP contribution in [0.4, 0.5) is 11.4 Å². The minimum atomic E-state index is -0.350. The van der Waals surface area contributed by atoms with Crippen LogP contribution in [0.15, 0.2) is 42.5 Å². The Bertz CT molecular complexity index is 690. The van der Waals surface area contributed by atoms with Gasteiger partial charge < -0.3 is 15.8 Å². The van der Waals surface area contributed by atoms with E-state index >= 15 is 0 Å². The Balaban J connectivity index is 2.26. The summed E-state index contributed by atoms with van der Waals surface area (Å²) in [5.41, 5.74) is 7.49. The lowest BCUT2D eigenvalue weighted by atomic mass is 10.1. The maximum Gasteiger partial charge on any atom is 0.257 e. The summed E-state index contributed by atoms with van der Waals surface area (Å²) in [5.74, 6) is 0.0971. The zero-order chi connectivity index (χ0) is 14.5. The Morgan fingerprint density at radius 3 is 2.75 bits per heavy atom. The predicted octanol–water partition coefficient (Wildman–Crippen LogP) is 2.40. The van der Waals surface area contributed by atoms with E-state index in [0.29, 0.717) is 22.6 Å². The number of nitrogens with two attached hydrogens (primary N) is 1. The maximum absolute atomic E-state index is 12.2. The van der Waals surface area contributed by atoms with Crippen molar-refractivity contribution >= 4 is 17.3 Å². The standard InChI is InChI=1S/C15H13N3O2/c1-20-13-7-3-6-12(14(13)17)15(19)18-11-5-2-4-10(8-11)9-16/h2-8H,17H2,1H3,(H,18,19). The number of anilines is 2. The molecule has 0 aliphatic carbocycles. The van der Waals surface area contributed by atoms with Crippen LogP contribution in [0, 0.1) is 11.3 Å². The molecular formula is C15H13N3O2. The third-order valence-electron chi connectivity index (χ3n) is 2.78. The first-order valence-corrected chi connectivity index (χ1v) is 5.89. The third-order valence-corrected chi connectivity index (χ3v) is 2.78. The van der Waals surface area contributed by atoms with Crippen molar-refractivity contribution in [2.45, 2.75) is 0 Å². The van der Waals surface area contributed by atoms with Crippen molar-refractivity contribution in [3.63, 3.8) is 0 Å². The molecule has 0 saturated heterocycles. The number of nitrogen functional groups attached to an aromatic ring is 1. The highest BCUT2D eigenvalue weighted by Crippen LogP contribution is 2.25. The molecule has 1 amide bonds. The van der Waals surface area contributed by atoms with Crippen molar-refractivity contribution in [3.8, 4) is 11.8 Å². The van der Waals surface area contributed by atoms with Crippen molar-refractivity contribution in [3.05, 3.63) is 53.6 Å². The first-order valence-electron chi connectivity index (χ1n) is 5.89. The lowest BCUT2D eigenvalue weighted by Gasteiger charge is -2.10. The van der Waals surface area contributed by atoms with E-state index in [4.69, 9.17) is 15.7 Å². The third kappa shape index (κ3) is 2.70. The van der Waals surface area contributed by atoms with Gasteiger partial charge in [0, 0.05) is 5.69 Å². The molecule has 3 N–H and O–H groups in total. The molecule has 0 heterocycles. The molecule has 0 spiro atoms. The number of carbonyl (C=O) groups excluding carboxylic acids is 1. The fourth-order valence-electron chi connectivity index (χ4n) is 1.78. The summed E-state index contributed by atoms with van der Waals surface area (Å²) in [5, 5.41) is 11.5. The quantitative estimate of drug-likeness (QED) is 0.836. The van der Waals surface area contributed by atoms with E-state index in [9.17, 15) is 4.79 Å². The molecule has 0 aliphatic rings. The Labute approximate surface area is 116 Å². The van der Waals surface area contributed by atoms with Gasteiger partial charge in [-0.05, 0) is 30.3 Å². The highest BCUT2D eigenvalue weighted by molar-refractivity contribution is 6.08. The molecular weight excluding hydrogens is 254 g/mol. The van der Waals surface area contributed by atoms with E-state index in [2.05, 4.69) is 5.32 Å². The molecule has 0 fully saturated rings. The number of rotatable bonds is 3. The van der Waals surface area contributed by atoms with Crippen LogP contribution in [0.5, 0.6) is 5.75 Å². The second-order valence-corrected chi connectivity index (χ2v) is 4.07. The maximum atomic E-state index is 12.2. The molecule has 5 nitrogen and oxygen atoms in total. The predicted molar refractivity (Wildman–Crippen MR) is 76.5 cm³/mol. The molecule has 2 rings (SSSR count). The number of hydrogen-bond donors (Lipinski definition) is 2. The number of carbonyl (C=O) groups is 1. The Kier molecular flexibility index (Phi) is 3.87. The van der Waals surface area contributed by atoms with Gasteiger partial charge in [-0.3, -0.25) is 4.79 Å². The second kappa shape index (κ2) is 5.76. The number of hydrogen-bond acceptors (Lipinski definition) is 4. The van der Waals surface area contributed by atoms with Gasteiger partial charge in [0.25, 0.3) is 5.91 Å². The van der Waals surface area contributed by atoms with Crippen molar-refractivity contribution in [2.24, 2.45) is 0 Å². The smallest absolute Gasteiger partial charge is 0.257 e.